The van der Waals surface area contributed by atoms with E-state index in [0.29, 0.717) is 48.4 Å². The highest BCUT2D eigenvalue weighted by Crippen LogP contribution is 2.60. The first kappa shape index (κ1) is 35.4. The van der Waals surface area contributed by atoms with Gasteiger partial charge in [-0.25, -0.2) is 0 Å². The third-order valence-corrected chi connectivity index (χ3v) is 12.1. The number of carbonyl (C=O) groups excluding carboxylic acids is 2. The summed E-state index contributed by atoms with van der Waals surface area (Å²) in [6.07, 6.45) is 8.51. The number of benzene rings is 2. The largest absolute Gasteiger partial charge is 0.432 e. The summed E-state index contributed by atoms with van der Waals surface area (Å²) >= 11 is 0. The van der Waals surface area contributed by atoms with E-state index in [4.69, 9.17) is 4.74 Å². The summed E-state index contributed by atoms with van der Waals surface area (Å²) in [5.41, 5.74) is 4.16. The number of allylic oxidation sites excluding steroid dienone is 3. The zero-order chi connectivity index (χ0) is 34.6. The van der Waals surface area contributed by atoms with Crippen LogP contribution < -0.4 is 10.2 Å². The molecule has 3 heterocycles. The summed E-state index contributed by atoms with van der Waals surface area (Å²) in [6.45, 7) is 13.0. The summed E-state index contributed by atoms with van der Waals surface area (Å²) in [4.78, 5) is 41.4. The van der Waals surface area contributed by atoms with Crippen LogP contribution >= 0.6 is 0 Å². The summed E-state index contributed by atoms with van der Waals surface area (Å²) in [7, 11) is -2.87. The van der Waals surface area contributed by atoms with Gasteiger partial charge in [0.2, 0.25) is 0 Å². The fraction of sp³-hybridized carbons (Fsp3) is 0.459. The highest BCUT2D eigenvalue weighted by molar-refractivity contribution is 6.71. The van der Waals surface area contributed by atoms with Crippen LogP contribution in [0.1, 0.15) is 68.6 Å². The smallest absolute Gasteiger partial charge is 0.264 e. The van der Waals surface area contributed by atoms with Crippen molar-refractivity contribution in [1.82, 2.24) is 15.0 Å². The van der Waals surface area contributed by atoms with Gasteiger partial charge in [-0.3, -0.25) is 14.3 Å². The van der Waals surface area contributed by atoms with E-state index >= 15 is 0 Å². The van der Waals surface area contributed by atoms with Gasteiger partial charge in [-0.15, -0.1) is 5.10 Å². The number of ether oxygens (including phenoxy) is 1. The maximum absolute atomic E-state index is 14.8. The number of amides is 2. The second-order valence-corrected chi connectivity index (χ2v) is 17.9. The molecule has 1 saturated heterocycles. The molecular weight excluding hydrogens is 623 g/mol. The lowest BCUT2D eigenvalue weighted by Gasteiger charge is -2.32. The first-order valence-corrected chi connectivity index (χ1v) is 19.9. The predicted molar refractivity (Wildman–Crippen MR) is 190 cm³/mol. The van der Waals surface area contributed by atoms with Gasteiger partial charge in [0, 0.05) is 60.6 Å². The summed E-state index contributed by atoms with van der Waals surface area (Å²) in [5.74, 6) is -0.732. The standard InChI is InChI=1S/C37H49N5O5Si/c1-25(2)11-10-12-26(3)17-21-42-32-16-15-29(38-35(44)28-13-8-7-9-14-28)23-31(32)37(36(42)45)27(4)34(48(5,6)46)33(47-37)18-20-41-24-30(19-22-43)39-40-41/h7-9,11,13-17,23-24,27,33-34,43,46H,10,12,18-22H2,1-6H3,(H,38,44)/b26-17+/t27-,33+,34-,37+/m0/s1. The van der Waals surface area contributed by atoms with Crippen LogP contribution in [0.15, 0.2) is 78.0 Å². The predicted octanol–water partition coefficient (Wildman–Crippen LogP) is 5.99. The van der Waals surface area contributed by atoms with Crippen molar-refractivity contribution in [2.45, 2.75) is 90.3 Å². The van der Waals surface area contributed by atoms with Gasteiger partial charge in [-0.05, 0) is 83.5 Å². The minimum Gasteiger partial charge on any atom is -0.432 e. The molecular formula is C37H49N5O5Si. The Balaban J connectivity index is 1.50. The second-order valence-electron chi connectivity index (χ2n) is 13.9. The molecule has 0 aliphatic carbocycles. The van der Waals surface area contributed by atoms with E-state index in [-0.39, 0.29) is 29.9 Å². The Hall–Kier alpha value is -3.90. The van der Waals surface area contributed by atoms with Crippen molar-refractivity contribution in [2.24, 2.45) is 5.92 Å². The van der Waals surface area contributed by atoms with E-state index in [2.05, 4.69) is 48.6 Å². The number of aliphatic hydroxyl groups excluding tert-OH is 1. The van der Waals surface area contributed by atoms with Crippen LogP contribution in [0.5, 0.6) is 0 Å². The van der Waals surface area contributed by atoms with Crippen molar-refractivity contribution < 1.29 is 24.2 Å². The molecule has 2 aliphatic heterocycles. The summed E-state index contributed by atoms with van der Waals surface area (Å²) in [6, 6.07) is 14.6. The molecule has 2 amide bonds. The zero-order valence-electron chi connectivity index (χ0n) is 28.9. The van der Waals surface area contributed by atoms with Gasteiger partial charge in [0.05, 0.1) is 17.5 Å². The highest BCUT2D eigenvalue weighted by atomic mass is 28.4. The molecule has 0 radical (unpaired) electrons. The van der Waals surface area contributed by atoms with Crippen LogP contribution in [-0.2, 0) is 28.1 Å². The molecule has 3 N–H and O–H groups in total. The van der Waals surface area contributed by atoms with Gasteiger partial charge in [0.25, 0.3) is 11.8 Å². The van der Waals surface area contributed by atoms with Gasteiger partial charge in [-0.2, -0.15) is 0 Å². The number of aromatic nitrogens is 3. The van der Waals surface area contributed by atoms with Gasteiger partial charge in [-0.1, -0.05) is 53.6 Å². The van der Waals surface area contributed by atoms with E-state index in [9.17, 15) is 19.5 Å². The molecule has 0 bridgehead atoms. The Morgan fingerprint density at radius 2 is 1.88 bits per heavy atom. The van der Waals surface area contributed by atoms with Crippen molar-refractivity contribution >= 4 is 31.5 Å². The fourth-order valence-electron chi connectivity index (χ4n) is 7.27. The summed E-state index contributed by atoms with van der Waals surface area (Å²) in [5, 5.41) is 20.7. The van der Waals surface area contributed by atoms with Crippen molar-refractivity contribution in [2.75, 3.05) is 23.4 Å². The lowest BCUT2D eigenvalue weighted by Crippen LogP contribution is -2.46. The SMILES string of the molecule is CC(C)=CCC/C(C)=C/CN1C(=O)[C@]2(O[C@H](CCn3cc(CCO)nn3)[C@@H]([Si](C)(C)O)[C@@H]2C)c2cc(NC(=O)c3ccccc3)ccc21. The van der Waals surface area contributed by atoms with Crippen LogP contribution in [0.25, 0.3) is 0 Å². The Kier molecular flexibility index (Phi) is 10.8. The molecule has 3 aromatic rings. The number of hydrogen-bond acceptors (Lipinski definition) is 7. The van der Waals surface area contributed by atoms with Crippen molar-refractivity contribution in [3.8, 4) is 0 Å². The molecule has 4 atom stereocenters. The maximum atomic E-state index is 14.8. The Morgan fingerprint density at radius 1 is 1.12 bits per heavy atom. The van der Waals surface area contributed by atoms with Crippen molar-refractivity contribution in [3.63, 3.8) is 0 Å². The van der Waals surface area contributed by atoms with Crippen molar-refractivity contribution in [3.05, 3.63) is 94.8 Å². The molecule has 256 valence electrons. The normalized spacial score (nSPS) is 22.3. The molecule has 1 fully saturated rings. The molecule has 11 heteroatoms. The Bertz CT molecular complexity index is 1680. The van der Waals surface area contributed by atoms with Crippen LogP contribution in [0.3, 0.4) is 0 Å². The number of nitrogens with one attached hydrogen (secondary N) is 1. The summed E-state index contributed by atoms with van der Waals surface area (Å²) < 4.78 is 8.72. The second kappa shape index (κ2) is 14.7. The fourth-order valence-corrected chi connectivity index (χ4v) is 9.88. The molecule has 48 heavy (non-hydrogen) atoms. The van der Waals surface area contributed by atoms with Gasteiger partial charge in [0.15, 0.2) is 13.9 Å². The number of aliphatic hydroxyl groups is 1. The average molecular weight is 672 g/mol. The topological polar surface area (TPSA) is 130 Å². The molecule has 1 aromatic heterocycles. The third kappa shape index (κ3) is 7.39. The van der Waals surface area contributed by atoms with Crippen LogP contribution in [0.2, 0.25) is 18.6 Å². The minimum atomic E-state index is -2.87. The van der Waals surface area contributed by atoms with E-state index in [1.807, 2.05) is 62.6 Å². The molecule has 0 saturated carbocycles. The number of fused-ring (bicyclic) bond motifs is 2. The zero-order valence-corrected chi connectivity index (χ0v) is 29.9. The number of hydrogen-bond donors (Lipinski definition) is 3. The lowest BCUT2D eigenvalue weighted by molar-refractivity contribution is -0.145. The van der Waals surface area contributed by atoms with Gasteiger partial charge >= 0.3 is 0 Å². The number of aryl methyl sites for hydroxylation is 1. The molecule has 5 rings (SSSR count). The van der Waals surface area contributed by atoms with Gasteiger partial charge in [0.1, 0.15) is 0 Å². The first-order chi connectivity index (χ1) is 22.8. The molecule has 2 aromatic carbocycles. The van der Waals surface area contributed by atoms with E-state index in [1.165, 1.54) is 11.1 Å². The third-order valence-electron chi connectivity index (χ3n) is 9.59. The van der Waals surface area contributed by atoms with Gasteiger partial charge < -0.3 is 24.9 Å². The molecule has 2 aliphatic rings. The first-order valence-electron chi connectivity index (χ1n) is 16.9. The quantitative estimate of drug-likeness (QED) is 0.150. The lowest BCUT2D eigenvalue weighted by atomic mass is 9.82. The molecule has 0 unspecified atom stereocenters. The number of anilines is 2. The Morgan fingerprint density at radius 3 is 2.56 bits per heavy atom. The van der Waals surface area contributed by atoms with Crippen LogP contribution in [-0.4, -0.2) is 64.3 Å². The van der Waals surface area contributed by atoms with Crippen LogP contribution in [0.4, 0.5) is 11.4 Å². The molecule has 1 spiro atoms. The Labute approximate surface area is 284 Å². The van der Waals surface area contributed by atoms with E-state index in [0.717, 1.165) is 18.5 Å². The molecule has 10 nitrogen and oxygen atoms in total. The van der Waals surface area contributed by atoms with E-state index < -0.39 is 20.0 Å². The number of carbonyl (C=O) groups is 2. The number of rotatable bonds is 13. The average Bonchev–Trinajstić information content (AvgIpc) is 3.68. The van der Waals surface area contributed by atoms with Crippen molar-refractivity contribution in [1.29, 1.82) is 0 Å². The number of nitrogens with zero attached hydrogens (tertiary/aromatic N) is 4. The minimum absolute atomic E-state index is 0.00712. The monoisotopic (exact) mass is 671 g/mol. The van der Waals surface area contributed by atoms with Crippen LogP contribution in [0, 0.1) is 5.92 Å². The highest BCUT2D eigenvalue weighted by Gasteiger charge is 2.66. The maximum Gasteiger partial charge on any atom is 0.264 e. The van der Waals surface area contributed by atoms with E-state index in [1.54, 1.807) is 21.7 Å².